The van der Waals surface area contributed by atoms with Crippen molar-refractivity contribution in [2.45, 2.75) is 12.8 Å². The molecular weight excluding hydrogens is 322 g/mol. The van der Waals surface area contributed by atoms with Gasteiger partial charge in [0.25, 0.3) is 0 Å². The molecule has 0 aliphatic carbocycles. The third kappa shape index (κ3) is 3.86. The molecule has 0 aliphatic heterocycles. The quantitative estimate of drug-likeness (QED) is 0.691. The number of aromatic hydroxyl groups is 1. The third-order valence-electron chi connectivity index (χ3n) is 4.12. The second-order valence-electron chi connectivity index (χ2n) is 5.88. The zero-order valence-electron chi connectivity index (χ0n) is 13.5. The second kappa shape index (κ2) is 7.45. The first-order chi connectivity index (χ1) is 12.1. The highest BCUT2D eigenvalue weighted by atomic mass is 19.1. The van der Waals surface area contributed by atoms with E-state index in [2.05, 4.69) is 0 Å². The predicted molar refractivity (Wildman–Crippen MR) is 94.3 cm³/mol. The summed E-state index contributed by atoms with van der Waals surface area (Å²) in [5.74, 6) is -1.38. The second-order valence-corrected chi connectivity index (χ2v) is 5.88. The minimum Gasteiger partial charge on any atom is -0.508 e. The molecule has 0 spiro atoms. The number of phenols is 1. The number of hydrogen-bond donors (Lipinski definition) is 2. The molecule has 4 heteroatoms. The molecule has 3 aromatic rings. The predicted octanol–water partition coefficient (Wildman–Crippen LogP) is 4.93. The van der Waals surface area contributed by atoms with Crippen LogP contribution < -0.4 is 0 Å². The van der Waals surface area contributed by atoms with Crippen LogP contribution in [-0.4, -0.2) is 16.8 Å². The number of aliphatic hydroxyl groups is 1. The van der Waals surface area contributed by atoms with E-state index in [0.717, 1.165) is 23.6 Å². The van der Waals surface area contributed by atoms with E-state index in [1.165, 1.54) is 18.2 Å². The summed E-state index contributed by atoms with van der Waals surface area (Å²) in [6, 6.07) is 16.0. The average molecular weight is 340 g/mol. The molecule has 25 heavy (non-hydrogen) atoms. The zero-order valence-corrected chi connectivity index (χ0v) is 13.5. The van der Waals surface area contributed by atoms with Crippen LogP contribution in [0.5, 0.6) is 5.75 Å². The lowest BCUT2D eigenvalue weighted by Crippen LogP contribution is -1.91. The van der Waals surface area contributed by atoms with Crippen LogP contribution in [0, 0.1) is 11.6 Å². The van der Waals surface area contributed by atoms with Gasteiger partial charge in [-0.1, -0.05) is 36.4 Å². The maximum atomic E-state index is 14.5. The van der Waals surface area contributed by atoms with Gasteiger partial charge in [-0.2, -0.15) is 0 Å². The van der Waals surface area contributed by atoms with Crippen molar-refractivity contribution < 1.29 is 19.0 Å². The molecule has 0 saturated carbocycles. The Balaban J connectivity index is 1.89. The minimum absolute atomic E-state index is 0.112. The van der Waals surface area contributed by atoms with Crippen molar-refractivity contribution in [2.24, 2.45) is 0 Å². The summed E-state index contributed by atoms with van der Waals surface area (Å²) in [7, 11) is 0. The van der Waals surface area contributed by atoms with Crippen molar-refractivity contribution >= 4 is 0 Å². The summed E-state index contributed by atoms with van der Waals surface area (Å²) in [5.41, 5.74) is 2.95. The van der Waals surface area contributed by atoms with Crippen molar-refractivity contribution in [3.63, 3.8) is 0 Å². The summed E-state index contributed by atoms with van der Waals surface area (Å²) in [4.78, 5) is 0. The highest BCUT2D eigenvalue weighted by Gasteiger charge is 2.12. The number of aryl methyl sites for hydroxylation is 1. The number of halogens is 2. The van der Waals surface area contributed by atoms with Crippen LogP contribution in [0.15, 0.2) is 60.7 Å². The number of benzene rings is 3. The molecule has 0 atom stereocenters. The lowest BCUT2D eigenvalue weighted by atomic mass is 9.98. The molecule has 0 radical (unpaired) electrons. The Labute approximate surface area is 145 Å². The van der Waals surface area contributed by atoms with E-state index in [-0.39, 0.29) is 23.5 Å². The van der Waals surface area contributed by atoms with Crippen molar-refractivity contribution in [3.05, 3.63) is 77.9 Å². The van der Waals surface area contributed by atoms with Gasteiger partial charge in [0.1, 0.15) is 17.4 Å². The molecule has 0 aromatic heterocycles. The van der Waals surface area contributed by atoms with E-state index >= 15 is 0 Å². The fourth-order valence-electron chi connectivity index (χ4n) is 2.78. The first-order valence-corrected chi connectivity index (χ1v) is 8.07. The normalized spacial score (nSPS) is 10.8. The average Bonchev–Trinajstić information content (AvgIpc) is 2.61. The molecule has 128 valence electrons. The van der Waals surface area contributed by atoms with Crippen molar-refractivity contribution in [1.82, 2.24) is 0 Å². The van der Waals surface area contributed by atoms with E-state index in [0.29, 0.717) is 12.0 Å². The maximum absolute atomic E-state index is 14.5. The van der Waals surface area contributed by atoms with Gasteiger partial charge in [-0.3, -0.25) is 0 Å². The Hall–Kier alpha value is -2.72. The zero-order chi connectivity index (χ0) is 17.8. The summed E-state index contributed by atoms with van der Waals surface area (Å²) in [6.45, 7) is 0.155. The van der Waals surface area contributed by atoms with Crippen LogP contribution in [0.25, 0.3) is 22.3 Å². The first kappa shape index (κ1) is 17.1. The Bertz CT molecular complexity index is 874. The van der Waals surface area contributed by atoms with Gasteiger partial charge in [-0.05, 0) is 47.7 Å². The van der Waals surface area contributed by atoms with Gasteiger partial charge in [-0.25, -0.2) is 8.78 Å². The number of rotatable bonds is 5. The Morgan fingerprint density at radius 1 is 0.720 bits per heavy atom. The molecule has 0 unspecified atom stereocenters. The van der Waals surface area contributed by atoms with Crippen molar-refractivity contribution in [1.29, 1.82) is 0 Å². The van der Waals surface area contributed by atoms with Crippen LogP contribution in [-0.2, 0) is 6.42 Å². The molecule has 0 aliphatic rings. The summed E-state index contributed by atoms with van der Waals surface area (Å²) < 4.78 is 28.4. The molecule has 3 rings (SSSR count). The molecule has 0 saturated heterocycles. The first-order valence-electron chi connectivity index (χ1n) is 8.07. The highest BCUT2D eigenvalue weighted by Crippen LogP contribution is 2.31. The standard InChI is InChI=1S/C21H18F2O2/c22-20-12-16(15-5-3-14(4-6-15)2-1-11-24)7-9-18(20)19-10-8-17(25)13-21(19)23/h3-10,12-13,24-25H,1-2,11H2. The molecule has 2 nitrogen and oxygen atoms in total. The van der Waals surface area contributed by atoms with E-state index < -0.39 is 11.6 Å². The van der Waals surface area contributed by atoms with Crippen LogP contribution in [0.3, 0.4) is 0 Å². The summed E-state index contributed by atoms with van der Waals surface area (Å²) in [6.07, 6.45) is 1.51. The molecular formula is C21H18F2O2. The smallest absolute Gasteiger partial charge is 0.134 e. The fourth-order valence-corrected chi connectivity index (χ4v) is 2.78. The third-order valence-corrected chi connectivity index (χ3v) is 4.12. The Morgan fingerprint density at radius 3 is 1.92 bits per heavy atom. The lowest BCUT2D eigenvalue weighted by Gasteiger charge is -2.09. The number of hydrogen-bond acceptors (Lipinski definition) is 2. The molecule has 0 fully saturated rings. The molecule has 3 aromatic carbocycles. The van der Waals surface area contributed by atoms with Crippen LogP contribution in [0.2, 0.25) is 0 Å². The summed E-state index contributed by atoms with van der Waals surface area (Å²) in [5, 5.41) is 18.1. The van der Waals surface area contributed by atoms with Gasteiger partial charge < -0.3 is 10.2 Å². The van der Waals surface area contributed by atoms with Gasteiger partial charge >= 0.3 is 0 Å². The lowest BCUT2D eigenvalue weighted by molar-refractivity contribution is 0.288. The largest absolute Gasteiger partial charge is 0.508 e. The van der Waals surface area contributed by atoms with Crippen molar-refractivity contribution in [2.75, 3.05) is 6.61 Å². The van der Waals surface area contributed by atoms with Crippen LogP contribution in [0.1, 0.15) is 12.0 Å². The van der Waals surface area contributed by atoms with E-state index in [1.807, 2.05) is 24.3 Å². The fraction of sp³-hybridized carbons (Fsp3) is 0.143. The SMILES string of the molecule is OCCCc1ccc(-c2ccc(-c3ccc(O)cc3F)c(F)c2)cc1. The van der Waals surface area contributed by atoms with Gasteiger partial charge in [0.05, 0.1) is 0 Å². The molecule has 0 amide bonds. The van der Waals surface area contributed by atoms with E-state index in [1.54, 1.807) is 12.1 Å². The van der Waals surface area contributed by atoms with E-state index in [9.17, 15) is 13.9 Å². The summed E-state index contributed by atoms with van der Waals surface area (Å²) >= 11 is 0. The van der Waals surface area contributed by atoms with Gasteiger partial charge in [0.2, 0.25) is 0 Å². The van der Waals surface area contributed by atoms with Crippen LogP contribution >= 0.6 is 0 Å². The van der Waals surface area contributed by atoms with Gasteiger partial charge in [0.15, 0.2) is 0 Å². The monoisotopic (exact) mass is 340 g/mol. The van der Waals surface area contributed by atoms with Crippen LogP contribution in [0.4, 0.5) is 8.78 Å². The number of aliphatic hydroxyl groups excluding tert-OH is 1. The highest BCUT2D eigenvalue weighted by molar-refractivity contribution is 5.71. The maximum Gasteiger partial charge on any atom is 0.134 e. The van der Waals surface area contributed by atoms with Gasteiger partial charge in [0, 0.05) is 23.8 Å². The Kier molecular flexibility index (Phi) is 5.10. The van der Waals surface area contributed by atoms with E-state index in [4.69, 9.17) is 5.11 Å². The number of phenolic OH excluding ortho intramolecular Hbond substituents is 1. The topological polar surface area (TPSA) is 40.5 Å². The van der Waals surface area contributed by atoms with Gasteiger partial charge in [-0.15, -0.1) is 0 Å². The van der Waals surface area contributed by atoms with Crippen molar-refractivity contribution in [3.8, 4) is 28.0 Å². The Morgan fingerprint density at radius 2 is 1.32 bits per heavy atom. The molecule has 2 N–H and O–H groups in total. The minimum atomic E-state index is -0.667. The molecule has 0 heterocycles. The molecule has 0 bridgehead atoms.